The number of carbonyl (C=O) groups is 1. The third-order valence-corrected chi connectivity index (χ3v) is 5.92. The van der Waals surface area contributed by atoms with Crippen molar-refractivity contribution in [3.63, 3.8) is 0 Å². The molecule has 2 aromatic heterocycles. The quantitative estimate of drug-likeness (QED) is 0.656. The standard InChI is InChI=1S/C21H25N3O2S/c1-2-26-18-9-7-16(8-10-18)19-14-24-17(15-27-21(24)22-19)13-20(25)23-11-5-3-4-6-12-23/h7-10,14-15H,2-6,11-13H2,1H3. The van der Waals surface area contributed by atoms with Crippen molar-refractivity contribution in [1.29, 1.82) is 0 Å². The minimum atomic E-state index is 0.230. The monoisotopic (exact) mass is 383 g/mol. The second-order valence-electron chi connectivity index (χ2n) is 6.93. The van der Waals surface area contributed by atoms with Gasteiger partial charge in [-0.2, -0.15) is 0 Å². The molecule has 0 saturated carbocycles. The summed E-state index contributed by atoms with van der Waals surface area (Å²) in [6.45, 7) is 4.43. The Labute approximate surface area is 163 Å². The van der Waals surface area contributed by atoms with Gasteiger partial charge >= 0.3 is 0 Å². The van der Waals surface area contributed by atoms with Crippen LogP contribution < -0.4 is 4.74 Å². The van der Waals surface area contributed by atoms with Crippen LogP contribution in [0.2, 0.25) is 0 Å². The second-order valence-corrected chi connectivity index (χ2v) is 7.77. The van der Waals surface area contributed by atoms with E-state index in [4.69, 9.17) is 9.72 Å². The van der Waals surface area contributed by atoms with Gasteiger partial charge in [0.1, 0.15) is 5.75 Å². The summed E-state index contributed by atoms with van der Waals surface area (Å²) < 4.78 is 7.57. The molecule has 3 heterocycles. The molecule has 0 atom stereocenters. The number of nitrogens with zero attached hydrogens (tertiary/aromatic N) is 3. The third kappa shape index (κ3) is 4.00. The maximum atomic E-state index is 12.7. The van der Waals surface area contributed by atoms with E-state index in [1.165, 1.54) is 12.8 Å². The highest BCUT2D eigenvalue weighted by atomic mass is 32.1. The highest BCUT2D eigenvalue weighted by molar-refractivity contribution is 7.15. The van der Waals surface area contributed by atoms with Crippen LogP contribution in [-0.2, 0) is 11.2 Å². The first-order valence-corrected chi connectivity index (χ1v) is 10.6. The van der Waals surface area contributed by atoms with E-state index in [-0.39, 0.29) is 5.91 Å². The number of ether oxygens (including phenoxy) is 1. The predicted molar refractivity (Wildman–Crippen MR) is 108 cm³/mol. The number of carbonyl (C=O) groups excluding carboxylic acids is 1. The fourth-order valence-electron chi connectivity index (χ4n) is 3.57. The molecule has 3 aromatic rings. The van der Waals surface area contributed by atoms with Crippen molar-refractivity contribution in [3.05, 3.63) is 41.5 Å². The Hall–Kier alpha value is -2.34. The number of amides is 1. The largest absolute Gasteiger partial charge is 0.494 e. The number of likely N-dealkylation sites (tertiary alicyclic amines) is 1. The summed E-state index contributed by atoms with van der Waals surface area (Å²) in [5.74, 6) is 1.10. The summed E-state index contributed by atoms with van der Waals surface area (Å²) in [4.78, 5) is 20.4. The van der Waals surface area contributed by atoms with E-state index in [1.807, 2.05) is 42.3 Å². The van der Waals surface area contributed by atoms with Gasteiger partial charge in [0.2, 0.25) is 5.91 Å². The molecule has 1 aliphatic heterocycles. The van der Waals surface area contributed by atoms with Crippen LogP contribution in [0.5, 0.6) is 5.75 Å². The zero-order chi connectivity index (χ0) is 18.6. The molecule has 5 nitrogen and oxygen atoms in total. The summed E-state index contributed by atoms with van der Waals surface area (Å²) in [6.07, 6.45) is 7.19. The SMILES string of the molecule is CCOc1ccc(-c2cn3c(CC(=O)N4CCCCCC4)csc3n2)cc1. The van der Waals surface area contributed by atoms with Crippen molar-refractivity contribution < 1.29 is 9.53 Å². The Morgan fingerprint density at radius 1 is 1.15 bits per heavy atom. The van der Waals surface area contributed by atoms with Gasteiger partial charge < -0.3 is 9.64 Å². The Morgan fingerprint density at radius 3 is 2.59 bits per heavy atom. The second kappa shape index (κ2) is 8.13. The molecule has 0 spiro atoms. The van der Waals surface area contributed by atoms with Crippen LogP contribution in [0.3, 0.4) is 0 Å². The van der Waals surface area contributed by atoms with E-state index < -0.39 is 0 Å². The Morgan fingerprint density at radius 2 is 1.89 bits per heavy atom. The van der Waals surface area contributed by atoms with Gasteiger partial charge in [-0.25, -0.2) is 4.98 Å². The Balaban J connectivity index is 1.52. The summed E-state index contributed by atoms with van der Waals surface area (Å²) >= 11 is 1.59. The number of thiazole rings is 1. The summed E-state index contributed by atoms with van der Waals surface area (Å²) in [5.41, 5.74) is 3.00. The van der Waals surface area contributed by atoms with Crippen molar-refractivity contribution in [2.24, 2.45) is 0 Å². The van der Waals surface area contributed by atoms with Gasteiger partial charge in [0.25, 0.3) is 0 Å². The average molecular weight is 384 g/mol. The smallest absolute Gasteiger partial charge is 0.228 e. The van der Waals surface area contributed by atoms with E-state index in [2.05, 4.69) is 9.78 Å². The molecule has 142 valence electrons. The first-order valence-electron chi connectivity index (χ1n) is 9.71. The minimum Gasteiger partial charge on any atom is -0.494 e. The first kappa shape index (κ1) is 18.0. The van der Waals surface area contributed by atoms with Crippen molar-refractivity contribution in [2.75, 3.05) is 19.7 Å². The number of hydrogen-bond donors (Lipinski definition) is 0. The van der Waals surface area contributed by atoms with Crippen LogP contribution in [0, 0.1) is 0 Å². The van der Waals surface area contributed by atoms with Crippen LogP contribution in [0.25, 0.3) is 16.2 Å². The average Bonchev–Trinajstić information content (AvgIpc) is 3.13. The lowest BCUT2D eigenvalue weighted by atomic mass is 10.1. The number of imidazole rings is 1. The van der Waals surface area contributed by atoms with Crippen LogP contribution in [0.1, 0.15) is 38.3 Å². The first-order chi connectivity index (χ1) is 13.2. The third-order valence-electron chi connectivity index (χ3n) is 5.04. The molecule has 4 rings (SSSR count). The summed E-state index contributed by atoms with van der Waals surface area (Å²) in [7, 11) is 0. The topological polar surface area (TPSA) is 46.8 Å². The molecule has 1 saturated heterocycles. The number of aromatic nitrogens is 2. The van der Waals surface area contributed by atoms with Gasteiger partial charge in [-0.3, -0.25) is 9.20 Å². The minimum absolute atomic E-state index is 0.230. The van der Waals surface area contributed by atoms with Gasteiger partial charge in [0.05, 0.1) is 18.7 Å². The van der Waals surface area contributed by atoms with Gasteiger partial charge in [0.15, 0.2) is 4.96 Å². The number of hydrogen-bond acceptors (Lipinski definition) is 4. The summed E-state index contributed by atoms with van der Waals surface area (Å²) in [6, 6.07) is 7.99. The molecule has 0 unspecified atom stereocenters. The summed E-state index contributed by atoms with van der Waals surface area (Å²) in [5, 5.41) is 2.06. The van der Waals surface area contributed by atoms with Crippen molar-refractivity contribution in [1.82, 2.24) is 14.3 Å². The molecule has 6 heteroatoms. The van der Waals surface area contributed by atoms with E-state index in [1.54, 1.807) is 11.3 Å². The van der Waals surface area contributed by atoms with E-state index in [9.17, 15) is 4.79 Å². The Bertz CT molecular complexity index is 905. The fraction of sp³-hybridized carbons (Fsp3) is 0.429. The maximum absolute atomic E-state index is 12.7. The predicted octanol–water partition coefficient (Wildman–Crippen LogP) is 4.41. The van der Waals surface area contributed by atoms with Crippen LogP contribution in [-0.4, -0.2) is 39.9 Å². The maximum Gasteiger partial charge on any atom is 0.228 e. The molecule has 0 N–H and O–H groups in total. The van der Waals surface area contributed by atoms with Crippen LogP contribution in [0.15, 0.2) is 35.8 Å². The lowest BCUT2D eigenvalue weighted by Crippen LogP contribution is -2.33. The van der Waals surface area contributed by atoms with E-state index >= 15 is 0 Å². The normalized spacial score (nSPS) is 15.1. The van der Waals surface area contributed by atoms with Crippen LogP contribution >= 0.6 is 11.3 Å². The zero-order valence-corrected chi connectivity index (χ0v) is 16.5. The van der Waals surface area contributed by atoms with Crippen molar-refractivity contribution in [2.45, 2.75) is 39.0 Å². The van der Waals surface area contributed by atoms with E-state index in [0.717, 1.165) is 53.6 Å². The molecule has 1 aromatic carbocycles. The lowest BCUT2D eigenvalue weighted by Gasteiger charge is -2.19. The van der Waals surface area contributed by atoms with Gasteiger partial charge in [-0.05, 0) is 44.0 Å². The molecule has 27 heavy (non-hydrogen) atoms. The number of benzene rings is 1. The van der Waals surface area contributed by atoms with Gasteiger partial charge in [0, 0.05) is 35.9 Å². The lowest BCUT2D eigenvalue weighted by molar-refractivity contribution is -0.130. The number of rotatable bonds is 5. The molecule has 0 bridgehead atoms. The van der Waals surface area contributed by atoms with Crippen molar-refractivity contribution in [3.8, 4) is 17.0 Å². The highest BCUT2D eigenvalue weighted by Gasteiger charge is 2.18. The molecule has 0 aliphatic carbocycles. The molecule has 1 amide bonds. The highest BCUT2D eigenvalue weighted by Crippen LogP contribution is 2.26. The van der Waals surface area contributed by atoms with Gasteiger partial charge in [-0.15, -0.1) is 11.3 Å². The number of fused-ring (bicyclic) bond motifs is 1. The molecule has 1 aliphatic rings. The Kier molecular flexibility index (Phi) is 5.43. The molecular formula is C21H25N3O2S. The fourth-order valence-corrected chi connectivity index (χ4v) is 4.44. The zero-order valence-electron chi connectivity index (χ0n) is 15.7. The molecular weight excluding hydrogens is 358 g/mol. The van der Waals surface area contributed by atoms with Crippen LogP contribution in [0.4, 0.5) is 0 Å². The molecule has 1 fully saturated rings. The van der Waals surface area contributed by atoms with Gasteiger partial charge in [-0.1, -0.05) is 12.8 Å². The van der Waals surface area contributed by atoms with E-state index in [0.29, 0.717) is 13.0 Å². The van der Waals surface area contributed by atoms with Crippen molar-refractivity contribution >= 4 is 22.2 Å². The molecule has 0 radical (unpaired) electrons.